The Bertz CT molecular complexity index is 1150. The molecule has 1 fully saturated rings. The van der Waals surface area contributed by atoms with Gasteiger partial charge >= 0.3 is 6.09 Å². The highest BCUT2D eigenvalue weighted by Crippen LogP contribution is 2.27. The SMILES string of the molecule is N#Cc1cc(-c2ccnc(Nc3ccc(NC(=O)O)nc3)n2)cnc1N1CC[C@H](F)C1. The van der Waals surface area contributed by atoms with Crippen molar-refractivity contribution in [2.45, 2.75) is 12.6 Å². The molecule has 0 aliphatic carbocycles. The second-order valence-corrected chi connectivity index (χ2v) is 6.79. The van der Waals surface area contributed by atoms with Crippen LogP contribution < -0.4 is 15.5 Å². The van der Waals surface area contributed by atoms with Crippen molar-refractivity contribution in [1.82, 2.24) is 19.9 Å². The zero-order chi connectivity index (χ0) is 21.8. The Hall–Kier alpha value is -4.33. The van der Waals surface area contributed by atoms with E-state index >= 15 is 0 Å². The Morgan fingerprint density at radius 2 is 2.13 bits per heavy atom. The molecule has 0 bridgehead atoms. The molecule has 0 aromatic carbocycles. The van der Waals surface area contributed by atoms with Crippen molar-refractivity contribution in [3.05, 3.63) is 48.4 Å². The van der Waals surface area contributed by atoms with E-state index in [0.717, 1.165) is 0 Å². The van der Waals surface area contributed by atoms with Gasteiger partial charge in [-0.15, -0.1) is 0 Å². The lowest BCUT2D eigenvalue weighted by atomic mass is 10.1. The second kappa shape index (κ2) is 8.58. The first-order valence-electron chi connectivity index (χ1n) is 9.37. The summed E-state index contributed by atoms with van der Waals surface area (Å²) in [5.41, 5.74) is 2.09. The van der Waals surface area contributed by atoms with Crippen LogP contribution in [0.1, 0.15) is 12.0 Å². The molecule has 3 aromatic heterocycles. The van der Waals surface area contributed by atoms with Crippen molar-refractivity contribution in [2.75, 3.05) is 28.6 Å². The molecule has 1 aliphatic rings. The maximum absolute atomic E-state index is 13.5. The number of pyridine rings is 2. The number of nitrogens with zero attached hydrogens (tertiary/aromatic N) is 6. The fourth-order valence-corrected chi connectivity index (χ4v) is 3.20. The number of rotatable bonds is 5. The van der Waals surface area contributed by atoms with Crippen LogP contribution in [0.2, 0.25) is 0 Å². The Labute approximate surface area is 176 Å². The fraction of sp³-hybridized carbons (Fsp3) is 0.200. The van der Waals surface area contributed by atoms with Gasteiger partial charge < -0.3 is 15.3 Å². The van der Waals surface area contributed by atoms with E-state index in [1.54, 1.807) is 35.5 Å². The topological polar surface area (TPSA) is 140 Å². The van der Waals surface area contributed by atoms with Crippen LogP contribution in [-0.4, -0.2) is 50.4 Å². The van der Waals surface area contributed by atoms with Crippen LogP contribution in [0.3, 0.4) is 0 Å². The summed E-state index contributed by atoms with van der Waals surface area (Å²) in [5, 5.41) is 23.4. The molecule has 0 radical (unpaired) electrons. The number of nitrogens with one attached hydrogen (secondary N) is 2. The van der Waals surface area contributed by atoms with Gasteiger partial charge in [0.2, 0.25) is 5.95 Å². The van der Waals surface area contributed by atoms with Gasteiger partial charge in [-0.25, -0.2) is 29.1 Å². The summed E-state index contributed by atoms with van der Waals surface area (Å²) in [5.74, 6) is 0.959. The molecule has 3 N–H and O–H groups in total. The van der Waals surface area contributed by atoms with Gasteiger partial charge in [-0.3, -0.25) is 5.32 Å². The van der Waals surface area contributed by atoms with E-state index in [4.69, 9.17) is 5.11 Å². The Balaban J connectivity index is 1.54. The minimum Gasteiger partial charge on any atom is -0.465 e. The van der Waals surface area contributed by atoms with E-state index in [-0.39, 0.29) is 12.4 Å². The molecular weight excluding hydrogens is 403 g/mol. The van der Waals surface area contributed by atoms with Crippen LogP contribution in [0.4, 0.5) is 32.5 Å². The monoisotopic (exact) mass is 420 g/mol. The van der Waals surface area contributed by atoms with Crippen molar-refractivity contribution in [2.24, 2.45) is 0 Å². The van der Waals surface area contributed by atoms with Crippen molar-refractivity contribution in [1.29, 1.82) is 5.26 Å². The smallest absolute Gasteiger partial charge is 0.410 e. The molecule has 156 valence electrons. The fourth-order valence-electron chi connectivity index (χ4n) is 3.20. The Morgan fingerprint density at radius 1 is 1.26 bits per heavy atom. The zero-order valence-electron chi connectivity index (χ0n) is 16.2. The van der Waals surface area contributed by atoms with Crippen LogP contribution in [0.25, 0.3) is 11.3 Å². The van der Waals surface area contributed by atoms with E-state index in [1.807, 2.05) is 0 Å². The van der Waals surface area contributed by atoms with Gasteiger partial charge in [-0.1, -0.05) is 0 Å². The maximum atomic E-state index is 13.5. The summed E-state index contributed by atoms with van der Waals surface area (Å²) in [7, 11) is 0. The first-order chi connectivity index (χ1) is 15.0. The molecule has 1 aliphatic heterocycles. The van der Waals surface area contributed by atoms with Crippen LogP contribution in [0, 0.1) is 11.3 Å². The molecule has 11 heteroatoms. The molecule has 31 heavy (non-hydrogen) atoms. The molecule has 1 atom stereocenters. The first-order valence-corrected chi connectivity index (χ1v) is 9.37. The molecule has 1 saturated heterocycles. The van der Waals surface area contributed by atoms with E-state index in [1.165, 1.54) is 12.3 Å². The maximum Gasteiger partial charge on any atom is 0.410 e. The summed E-state index contributed by atoms with van der Waals surface area (Å²) in [6.07, 6.45) is 2.92. The molecule has 3 aromatic rings. The highest BCUT2D eigenvalue weighted by Gasteiger charge is 2.25. The molecule has 0 spiro atoms. The molecule has 10 nitrogen and oxygen atoms in total. The van der Waals surface area contributed by atoms with Crippen LogP contribution in [0.15, 0.2) is 42.9 Å². The number of aromatic nitrogens is 4. The summed E-state index contributed by atoms with van der Waals surface area (Å²) < 4.78 is 13.5. The minimum absolute atomic E-state index is 0.194. The van der Waals surface area contributed by atoms with Gasteiger partial charge in [0.05, 0.1) is 29.7 Å². The summed E-state index contributed by atoms with van der Waals surface area (Å²) in [6, 6.07) is 8.63. The summed E-state index contributed by atoms with van der Waals surface area (Å²) >= 11 is 0. The quantitative estimate of drug-likeness (QED) is 0.567. The van der Waals surface area contributed by atoms with E-state index < -0.39 is 12.3 Å². The van der Waals surface area contributed by atoms with E-state index in [2.05, 4.69) is 36.6 Å². The third-order valence-electron chi connectivity index (χ3n) is 4.62. The molecule has 1 amide bonds. The van der Waals surface area contributed by atoms with Gasteiger partial charge in [-0.2, -0.15) is 5.26 Å². The predicted octanol–water partition coefficient (Wildman–Crippen LogP) is 3.19. The average molecular weight is 420 g/mol. The van der Waals surface area contributed by atoms with Gasteiger partial charge in [0, 0.05) is 24.5 Å². The predicted molar refractivity (Wildman–Crippen MR) is 111 cm³/mol. The molecular formula is C20H17FN8O2. The van der Waals surface area contributed by atoms with Crippen LogP contribution in [0.5, 0.6) is 0 Å². The lowest BCUT2D eigenvalue weighted by molar-refractivity contribution is 0.209. The summed E-state index contributed by atoms with van der Waals surface area (Å²) in [6.45, 7) is 0.760. The van der Waals surface area contributed by atoms with Crippen molar-refractivity contribution >= 4 is 29.4 Å². The summed E-state index contributed by atoms with van der Waals surface area (Å²) in [4.78, 5) is 29.4. The number of alkyl halides is 1. The standard InChI is InChI=1S/C20H17FN8O2/c21-14-4-6-29(11-14)18-12(8-22)7-13(9-25-18)16-3-5-23-19(27-16)26-15-1-2-17(24-10-15)28-20(30)31/h1-3,5,7,9-10,14H,4,6,11H2,(H,24,28)(H,30,31)(H,23,26,27)/t14-/m0/s1. The minimum atomic E-state index is -1.20. The third kappa shape index (κ3) is 4.64. The number of carboxylic acid groups (broad SMARTS) is 1. The van der Waals surface area contributed by atoms with Gasteiger partial charge in [0.1, 0.15) is 23.9 Å². The Morgan fingerprint density at radius 3 is 2.81 bits per heavy atom. The van der Waals surface area contributed by atoms with Crippen LogP contribution >= 0.6 is 0 Å². The van der Waals surface area contributed by atoms with E-state index in [9.17, 15) is 14.4 Å². The lowest BCUT2D eigenvalue weighted by Gasteiger charge is -2.18. The molecule has 4 heterocycles. The number of hydrogen-bond donors (Lipinski definition) is 3. The average Bonchev–Trinajstić information content (AvgIpc) is 3.20. The third-order valence-corrected chi connectivity index (χ3v) is 4.62. The highest BCUT2D eigenvalue weighted by atomic mass is 19.1. The van der Waals surface area contributed by atoms with Crippen molar-refractivity contribution in [3.63, 3.8) is 0 Å². The number of halogens is 1. The van der Waals surface area contributed by atoms with Crippen molar-refractivity contribution in [3.8, 4) is 17.3 Å². The van der Waals surface area contributed by atoms with Gasteiger partial charge in [-0.05, 0) is 30.7 Å². The first kappa shape index (κ1) is 20.0. The molecule has 0 unspecified atom stereocenters. The normalized spacial score (nSPS) is 15.4. The molecule has 4 rings (SSSR count). The van der Waals surface area contributed by atoms with Crippen molar-refractivity contribution < 1.29 is 14.3 Å². The highest BCUT2D eigenvalue weighted by molar-refractivity contribution is 5.81. The number of anilines is 4. The number of carbonyl (C=O) groups is 1. The number of hydrogen-bond acceptors (Lipinski definition) is 8. The van der Waals surface area contributed by atoms with Crippen LogP contribution in [-0.2, 0) is 0 Å². The largest absolute Gasteiger partial charge is 0.465 e. The zero-order valence-corrected chi connectivity index (χ0v) is 16.2. The molecule has 0 saturated carbocycles. The van der Waals surface area contributed by atoms with Gasteiger partial charge in [0.15, 0.2) is 0 Å². The number of nitriles is 1. The Kier molecular flexibility index (Phi) is 5.53. The van der Waals surface area contributed by atoms with E-state index in [0.29, 0.717) is 47.2 Å². The number of amides is 1. The lowest BCUT2D eigenvalue weighted by Crippen LogP contribution is -2.22. The van der Waals surface area contributed by atoms with Gasteiger partial charge in [0.25, 0.3) is 0 Å². The second-order valence-electron chi connectivity index (χ2n) is 6.79.